The van der Waals surface area contributed by atoms with Gasteiger partial charge in [-0.15, -0.1) is 7.92 Å². The van der Waals surface area contributed by atoms with Crippen LogP contribution in [0.4, 0.5) is 0 Å². The van der Waals surface area contributed by atoms with Crippen molar-refractivity contribution in [3.63, 3.8) is 0 Å². The molecule has 3 unspecified atom stereocenters. The van der Waals surface area contributed by atoms with Gasteiger partial charge in [0.15, 0.2) is 0 Å². The Morgan fingerprint density at radius 1 is 0.692 bits per heavy atom. The Hall–Kier alpha value is 0.860. The summed E-state index contributed by atoms with van der Waals surface area (Å²) >= 11 is 0. The summed E-state index contributed by atoms with van der Waals surface area (Å²) in [5.41, 5.74) is 4.42. The normalized spacial score (nSPS) is 32.1. The third-order valence-corrected chi connectivity index (χ3v) is 16.0. The minimum absolute atomic E-state index is 0.130. The highest BCUT2D eigenvalue weighted by atomic mass is 31.1. The van der Waals surface area contributed by atoms with Gasteiger partial charge in [-0.25, -0.2) is 0 Å². The van der Waals surface area contributed by atoms with Gasteiger partial charge in [-0.3, -0.25) is 0 Å². The lowest BCUT2D eigenvalue weighted by Crippen LogP contribution is -2.33. The van der Waals surface area contributed by atoms with Gasteiger partial charge in [-0.05, 0) is 78.9 Å². The maximum Gasteiger partial charge on any atom is -0.0170 e. The van der Waals surface area contributed by atoms with Crippen molar-refractivity contribution in [2.45, 2.75) is 139 Å². The fraction of sp³-hybridized carbons (Fsp3) is 1.00. The molecular formula is C24H46P2. The maximum atomic E-state index is 2.66. The summed E-state index contributed by atoms with van der Waals surface area (Å²) in [6.07, 6.45) is 20.3. The molecule has 2 heteroatoms. The summed E-state index contributed by atoms with van der Waals surface area (Å²) in [7, 11) is 0.410. The molecule has 0 amide bonds. The second kappa shape index (κ2) is 9.57. The van der Waals surface area contributed by atoms with Crippen LogP contribution in [0.1, 0.15) is 111 Å². The van der Waals surface area contributed by atoms with Crippen LogP contribution in [0.3, 0.4) is 0 Å². The van der Waals surface area contributed by atoms with Gasteiger partial charge < -0.3 is 0 Å². The molecule has 3 fully saturated rings. The highest BCUT2D eigenvalue weighted by Gasteiger charge is 2.44. The zero-order valence-corrected chi connectivity index (χ0v) is 20.3. The summed E-state index contributed by atoms with van der Waals surface area (Å²) in [5, 5.41) is 0.528. The largest absolute Gasteiger partial charge is 0.101 e. The van der Waals surface area contributed by atoms with E-state index >= 15 is 0 Å². The molecule has 0 bridgehead atoms. The van der Waals surface area contributed by atoms with Crippen molar-refractivity contribution in [3.8, 4) is 0 Å². The summed E-state index contributed by atoms with van der Waals surface area (Å²) in [4.78, 5) is 0. The van der Waals surface area contributed by atoms with Crippen LogP contribution in [-0.4, -0.2) is 34.5 Å². The zero-order valence-electron chi connectivity index (χ0n) is 18.5. The lowest BCUT2D eigenvalue weighted by atomic mass is 9.99. The van der Waals surface area contributed by atoms with E-state index in [0.717, 1.165) is 28.6 Å². The molecule has 0 nitrogen and oxygen atoms in total. The molecule has 4 atom stereocenters. The lowest BCUT2D eigenvalue weighted by Gasteiger charge is -2.46. The molecule has 0 radical (unpaired) electrons. The molecule has 0 aromatic heterocycles. The van der Waals surface area contributed by atoms with E-state index in [0.29, 0.717) is 5.16 Å². The van der Waals surface area contributed by atoms with E-state index in [1.54, 1.807) is 70.6 Å². The molecule has 0 aromatic carbocycles. The van der Waals surface area contributed by atoms with Gasteiger partial charge in [0.05, 0.1) is 0 Å². The molecule has 0 saturated heterocycles. The van der Waals surface area contributed by atoms with E-state index in [1.807, 2.05) is 0 Å². The summed E-state index contributed by atoms with van der Waals surface area (Å²) in [5.74, 6) is 1.07. The fourth-order valence-corrected chi connectivity index (χ4v) is 13.6. The molecule has 26 heavy (non-hydrogen) atoms. The molecular weight excluding hydrogens is 350 g/mol. The van der Waals surface area contributed by atoms with Crippen LogP contribution >= 0.6 is 15.8 Å². The van der Waals surface area contributed by atoms with Crippen LogP contribution in [0.15, 0.2) is 0 Å². The standard InChI is InChI=1S/C24H46P2/c1-19(25(5)24(2,3)4)22-17-12-18-23(22)26(20-13-8-6-9-14-20)21-15-10-7-11-16-21/h19-23H,6-18H2,1-5H3/t19-,22?,23?,25?/m1/s1. The SMILES string of the molecule is C[C@H](C1CCCC1P(C1CCCCC1)C1CCCCC1)P(C)C(C)(C)C. The average Bonchev–Trinajstić information content (AvgIpc) is 3.11. The van der Waals surface area contributed by atoms with Crippen molar-refractivity contribution in [2.75, 3.05) is 6.66 Å². The number of hydrogen-bond donors (Lipinski definition) is 0. The molecule has 3 rings (SSSR count). The van der Waals surface area contributed by atoms with Crippen LogP contribution in [0.25, 0.3) is 0 Å². The van der Waals surface area contributed by atoms with E-state index in [2.05, 4.69) is 34.4 Å². The van der Waals surface area contributed by atoms with Crippen LogP contribution in [0, 0.1) is 5.92 Å². The quantitative estimate of drug-likeness (QED) is 0.408. The van der Waals surface area contributed by atoms with Crippen molar-refractivity contribution in [1.82, 2.24) is 0 Å². The lowest BCUT2D eigenvalue weighted by molar-refractivity contribution is 0.468. The molecule has 0 N–H and O–H groups in total. The Labute approximate surface area is 167 Å². The molecule has 3 aliphatic carbocycles. The van der Waals surface area contributed by atoms with E-state index in [4.69, 9.17) is 0 Å². The van der Waals surface area contributed by atoms with Gasteiger partial charge in [-0.1, -0.05) is 80.6 Å². The fourth-order valence-electron chi connectivity index (χ4n) is 6.40. The predicted molar refractivity (Wildman–Crippen MR) is 124 cm³/mol. The van der Waals surface area contributed by atoms with Crippen LogP contribution in [-0.2, 0) is 0 Å². The monoisotopic (exact) mass is 396 g/mol. The molecule has 0 spiro atoms. The third-order valence-electron chi connectivity index (χ3n) is 8.20. The highest BCUT2D eigenvalue weighted by molar-refractivity contribution is 7.60. The van der Waals surface area contributed by atoms with Gasteiger partial charge in [0, 0.05) is 0 Å². The van der Waals surface area contributed by atoms with Gasteiger partial charge in [0.2, 0.25) is 0 Å². The van der Waals surface area contributed by atoms with Crippen LogP contribution in [0.2, 0.25) is 0 Å². The van der Waals surface area contributed by atoms with Crippen molar-refractivity contribution < 1.29 is 0 Å². The van der Waals surface area contributed by atoms with Gasteiger partial charge in [-0.2, -0.15) is 0 Å². The molecule has 3 saturated carbocycles. The molecule has 3 aliphatic rings. The maximum absolute atomic E-state index is 2.66. The highest BCUT2D eigenvalue weighted by Crippen LogP contribution is 2.66. The average molecular weight is 397 g/mol. The first-order valence-corrected chi connectivity index (χ1v) is 15.3. The molecule has 0 heterocycles. The van der Waals surface area contributed by atoms with Gasteiger partial charge >= 0.3 is 0 Å². The Kier molecular flexibility index (Phi) is 7.94. The molecule has 0 aromatic rings. The Morgan fingerprint density at radius 2 is 1.19 bits per heavy atom. The summed E-state index contributed by atoms with van der Waals surface area (Å²) in [6.45, 7) is 12.8. The Morgan fingerprint density at radius 3 is 1.65 bits per heavy atom. The summed E-state index contributed by atoms with van der Waals surface area (Å²) in [6, 6.07) is 0. The number of rotatable bonds is 5. The molecule has 0 aliphatic heterocycles. The van der Waals surface area contributed by atoms with Crippen molar-refractivity contribution in [3.05, 3.63) is 0 Å². The minimum Gasteiger partial charge on any atom is -0.101 e. The Balaban J connectivity index is 1.79. The topological polar surface area (TPSA) is 0 Å². The van der Waals surface area contributed by atoms with E-state index in [9.17, 15) is 0 Å². The van der Waals surface area contributed by atoms with Gasteiger partial charge in [0.1, 0.15) is 0 Å². The third kappa shape index (κ3) is 5.07. The second-order valence-electron chi connectivity index (χ2n) is 10.7. The van der Waals surface area contributed by atoms with E-state index in [-0.39, 0.29) is 15.8 Å². The smallest absolute Gasteiger partial charge is 0.0170 e. The molecule has 152 valence electrons. The zero-order chi connectivity index (χ0) is 18.7. The first-order valence-electron chi connectivity index (χ1n) is 11.9. The van der Waals surface area contributed by atoms with E-state index < -0.39 is 0 Å². The number of hydrogen-bond acceptors (Lipinski definition) is 0. The first-order chi connectivity index (χ1) is 12.4. The minimum atomic E-state index is 0.130. The second-order valence-corrected chi connectivity index (χ2v) is 17.1. The van der Waals surface area contributed by atoms with Crippen LogP contribution in [0.5, 0.6) is 0 Å². The van der Waals surface area contributed by atoms with Crippen molar-refractivity contribution in [1.29, 1.82) is 0 Å². The van der Waals surface area contributed by atoms with Crippen LogP contribution < -0.4 is 0 Å². The van der Waals surface area contributed by atoms with E-state index in [1.165, 1.54) is 12.8 Å². The Bertz CT molecular complexity index is 396. The van der Waals surface area contributed by atoms with Gasteiger partial charge in [0.25, 0.3) is 0 Å². The van der Waals surface area contributed by atoms with Crippen molar-refractivity contribution >= 4 is 15.8 Å². The van der Waals surface area contributed by atoms with Crippen molar-refractivity contribution in [2.24, 2.45) is 5.92 Å². The summed E-state index contributed by atoms with van der Waals surface area (Å²) < 4.78 is 0. The first kappa shape index (κ1) is 21.6. The predicted octanol–water partition coefficient (Wildman–Crippen LogP) is 8.60.